The number of benzene rings is 4. The average Bonchev–Trinajstić information content (AvgIpc) is 2.96. The van der Waals surface area contributed by atoms with Crippen LogP contribution in [0.5, 0.6) is 0 Å². The molecule has 4 aromatic carbocycles. The normalized spacial score (nSPS) is 12.1. The van der Waals surface area contributed by atoms with E-state index < -0.39 is 10.2 Å². The van der Waals surface area contributed by atoms with Crippen molar-refractivity contribution in [3.05, 3.63) is 138 Å². The molecule has 0 amide bonds. The van der Waals surface area contributed by atoms with E-state index in [0.717, 1.165) is 25.8 Å². The van der Waals surface area contributed by atoms with E-state index in [1.807, 2.05) is 0 Å². The molecule has 0 atom stereocenters. The highest BCUT2D eigenvalue weighted by atomic mass is 35.7. The molecule has 5 nitrogen and oxygen atoms in total. The monoisotopic (exact) mass is 537 g/mol. The van der Waals surface area contributed by atoms with Crippen LogP contribution in [0.1, 0.15) is 16.7 Å². The molecule has 6 heteroatoms. The molecule has 0 fully saturated rings. The highest BCUT2D eigenvalue weighted by Gasteiger charge is 2.31. The molecule has 1 aliphatic carbocycles. The van der Waals surface area contributed by atoms with Crippen molar-refractivity contribution < 1.29 is 33.4 Å². The predicted octanol–water partition coefficient (Wildman–Crippen LogP) is 2.56. The van der Waals surface area contributed by atoms with Crippen LogP contribution in [0.2, 0.25) is 0 Å². The summed E-state index contributed by atoms with van der Waals surface area (Å²) >= 11 is 0. The van der Waals surface area contributed by atoms with E-state index in [4.69, 9.17) is 18.6 Å². The topological polar surface area (TPSA) is 96.1 Å². The lowest BCUT2D eigenvalue weighted by atomic mass is 9.83. The number of fused-ring (bicyclic) bond motifs is 3. The van der Waals surface area contributed by atoms with E-state index in [9.17, 15) is 0 Å². The molecular weight excluding hydrogens is 510 g/mol. The maximum atomic E-state index is 8.49. The SMILES string of the molecule is [O-][Cl+3]([O-])([O-])[O-].c1ccc(CC[n+]2c(-c3ccccc3)cc(-c3ccccc3)c3c2-c2ccccc2CC3)cc1. The van der Waals surface area contributed by atoms with E-state index >= 15 is 0 Å². The fourth-order valence-corrected chi connectivity index (χ4v) is 5.34. The number of nitrogens with zero attached hydrogens (tertiary/aromatic N) is 1. The van der Waals surface area contributed by atoms with Gasteiger partial charge in [0.2, 0.25) is 11.4 Å². The molecule has 0 radical (unpaired) electrons. The van der Waals surface area contributed by atoms with Crippen molar-refractivity contribution >= 4 is 0 Å². The molecule has 0 spiro atoms. The molecule has 0 aliphatic heterocycles. The van der Waals surface area contributed by atoms with Gasteiger partial charge < -0.3 is 0 Å². The lowest BCUT2D eigenvalue weighted by Gasteiger charge is -2.23. The summed E-state index contributed by atoms with van der Waals surface area (Å²) in [6.07, 6.45) is 3.16. The average molecular weight is 538 g/mol. The van der Waals surface area contributed by atoms with E-state index in [0.29, 0.717) is 0 Å². The molecule has 1 aromatic heterocycles. The lowest BCUT2D eigenvalue weighted by Crippen LogP contribution is -2.68. The van der Waals surface area contributed by atoms with Gasteiger partial charge in [0.1, 0.15) is 0 Å². The molecule has 196 valence electrons. The Hall–Kier alpha value is -3.84. The summed E-state index contributed by atoms with van der Waals surface area (Å²) in [4.78, 5) is 0. The van der Waals surface area contributed by atoms with Gasteiger partial charge in [-0.15, -0.1) is 10.2 Å². The highest BCUT2D eigenvalue weighted by Crippen LogP contribution is 2.39. The second kappa shape index (κ2) is 11.9. The van der Waals surface area contributed by atoms with E-state index in [-0.39, 0.29) is 0 Å². The Morgan fingerprint density at radius 2 is 1.13 bits per heavy atom. The molecule has 0 saturated carbocycles. The Morgan fingerprint density at radius 1 is 0.590 bits per heavy atom. The van der Waals surface area contributed by atoms with Crippen LogP contribution in [0.4, 0.5) is 0 Å². The molecule has 0 unspecified atom stereocenters. The summed E-state index contributed by atoms with van der Waals surface area (Å²) in [5, 5.41) is 0. The van der Waals surface area contributed by atoms with Crippen molar-refractivity contribution in [3.63, 3.8) is 0 Å². The predicted molar refractivity (Wildman–Crippen MR) is 140 cm³/mol. The van der Waals surface area contributed by atoms with Crippen LogP contribution in [0.3, 0.4) is 0 Å². The molecule has 6 rings (SSSR count). The molecule has 0 bridgehead atoms. The Kier molecular flexibility index (Phi) is 8.17. The summed E-state index contributed by atoms with van der Waals surface area (Å²) in [6, 6.07) is 44.0. The first-order chi connectivity index (χ1) is 18.9. The smallest absolute Gasteiger partial charge is 0.217 e. The first kappa shape index (κ1) is 26.8. The third-order valence-corrected chi connectivity index (χ3v) is 6.99. The molecule has 1 aliphatic rings. The van der Waals surface area contributed by atoms with Gasteiger partial charge in [-0.2, -0.15) is 4.57 Å². The zero-order valence-electron chi connectivity index (χ0n) is 21.3. The van der Waals surface area contributed by atoms with Crippen molar-refractivity contribution in [2.45, 2.75) is 25.8 Å². The fourth-order valence-electron chi connectivity index (χ4n) is 5.34. The zero-order chi connectivity index (χ0) is 27.2. The number of aromatic nitrogens is 1. The van der Waals surface area contributed by atoms with Crippen LogP contribution in [0.15, 0.2) is 121 Å². The van der Waals surface area contributed by atoms with Crippen molar-refractivity contribution in [2.75, 3.05) is 0 Å². The summed E-state index contributed by atoms with van der Waals surface area (Å²) in [5.74, 6) is 0. The molecule has 1 heterocycles. The van der Waals surface area contributed by atoms with Gasteiger partial charge in [0.15, 0.2) is 6.54 Å². The van der Waals surface area contributed by atoms with Crippen molar-refractivity contribution in [3.8, 4) is 33.6 Å². The minimum absolute atomic E-state index is 0.944. The van der Waals surface area contributed by atoms with Gasteiger partial charge in [0.05, 0.1) is 0 Å². The number of halogens is 1. The quantitative estimate of drug-likeness (QED) is 0.322. The third-order valence-electron chi connectivity index (χ3n) is 6.99. The molecule has 0 N–H and O–H groups in total. The Labute approximate surface area is 230 Å². The van der Waals surface area contributed by atoms with Gasteiger partial charge in [-0.25, -0.2) is 18.6 Å². The van der Waals surface area contributed by atoms with Gasteiger partial charge in [-0.3, -0.25) is 0 Å². The van der Waals surface area contributed by atoms with Crippen LogP contribution in [-0.2, 0) is 25.8 Å². The van der Waals surface area contributed by atoms with Crippen LogP contribution in [0.25, 0.3) is 33.6 Å². The van der Waals surface area contributed by atoms with Gasteiger partial charge in [-0.05, 0) is 53.3 Å². The molecular formula is C33H28ClNO4. The summed E-state index contributed by atoms with van der Waals surface area (Å²) in [7, 11) is -4.94. The summed E-state index contributed by atoms with van der Waals surface area (Å²) in [6.45, 7) is 0.944. The molecule has 0 saturated heterocycles. The van der Waals surface area contributed by atoms with Crippen molar-refractivity contribution in [1.29, 1.82) is 0 Å². The van der Waals surface area contributed by atoms with E-state index in [1.54, 1.807) is 0 Å². The minimum Gasteiger partial charge on any atom is -0.222 e. The number of rotatable bonds is 5. The molecule has 39 heavy (non-hydrogen) atoms. The third kappa shape index (κ3) is 6.60. The van der Waals surface area contributed by atoms with Crippen LogP contribution < -0.4 is 23.2 Å². The van der Waals surface area contributed by atoms with E-state index in [1.165, 1.54) is 50.3 Å². The zero-order valence-corrected chi connectivity index (χ0v) is 22.1. The van der Waals surface area contributed by atoms with Crippen LogP contribution in [-0.4, -0.2) is 0 Å². The lowest BCUT2D eigenvalue weighted by molar-refractivity contribution is -2.00. The maximum absolute atomic E-state index is 8.49. The fraction of sp³-hybridized carbons (Fsp3) is 0.121. The second-order valence-corrected chi connectivity index (χ2v) is 10.2. The van der Waals surface area contributed by atoms with Gasteiger partial charge in [0.25, 0.3) is 0 Å². The Balaban J connectivity index is 0.000000567. The van der Waals surface area contributed by atoms with Gasteiger partial charge in [0, 0.05) is 29.2 Å². The van der Waals surface area contributed by atoms with Crippen LogP contribution >= 0.6 is 0 Å². The Bertz CT molecular complexity index is 1530. The number of pyridine rings is 1. The summed E-state index contributed by atoms with van der Waals surface area (Å²) < 4.78 is 36.6. The van der Waals surface area contributed by atoms with E-state index in [2.05, 4.69) is 126 Å². The van der Waals surface area contributed by atoms with Crippen molar-refractivity contribution in [2.24, 2.45) is 0 Å². The highest BCUT2D eigenvalue weighted by molar-refractivity contribution is 5.80. The maximum Gasteiger partial charge on any atom is 0.217 e. The molecule has 5 aromatic rings. The van der Waals surface area contributed by atoms with Crippen LogP contribution in [0, 0.1) is 10.2 Å². The minimum atomic E-state index is -4.94. The number of aryl methyl sites for hydroxylation is 2. The summed E-state index contributed by atoms with van der Waals surface area (Å²) in [5.41, 5.74) is 12.3. The first-order valence-electron chi connectivity index (χ1n) is 12.8. The largest absolute Gasteiger partial charge is 0.222 e. The van der Waals surface area contributed by atoms with Gasteiger partial charge >= 0.3 is 0 Å². The second-order valence-electron chi connectivity index (χ2n) is 9.42. The first-order valence-corrected chi connectivity index (χ1v) is 14.1. The van der Waals surface area contributed by atoms with Crippen molar-refractivity contribution in [1.82, 2.24) is 0 Å². The number of hydrogen-bond acceptors (Lipinski definition) is 4. The van der Waals surface area contributed by atoms with Gasteiger partial charge in [-0.1, -0.05) is 97.1 Å². The Morgan fingerprint density at radius 3 is 1.77 bits per heavy atom. The standard InChI is InChI=1S/C33H28N.ClHO4/c1-4-12-25(13-5-1)22-23-34-32(28-17-8-3-9-18-28)24-31(26-14-6-2-7-15-26)30-21-20-27-16-10-11-19-29(27)33(30)34;2-1(3,4)5/h1-19,24H,20-23H2;(H,2,3,4,5)/q+1;/p-1. The number of hydrogen-bond donors (Lipinski definition) is 0.